The van der Waals surface area contributed by atoms with Gasteiger partial charge in [0.2, 0.25) is 0 Å². The lowest BCUT2D eigenvalue weighted by Crippen LogP contribution is -2.39. The number of hydrogen-bond donors (Lipinski definition) is 1. The quantitative estimate of drug-likeness (QED) is 0.788. The molecule has 2 rings (SSSR count). The Morgan fingerprint density at radius 3 is 2.33 bits per heavy atom. The van der Waals surface area contributed by atoms with Crippen molar-refractivity contribution in [2.24, 2.45) is 40.9 Å². The Hall–Kier alpha value is -0.0400. The van der Waals surface area contributed by atoms with Crippen LogP contribution in [-0.4, -0.2) is 11.7 Å². The molecular weight excluding hydrogens is 220 g/mol. The molecule has 2 aliphatic carbocycles. The zero-order valence-corrected chi connectivity index (χ0v) is 12.9. The lowest BCUT2D eigenvalue weighted by atomic mass is 9.60. The zero-order valence-electron chi connectivity index (χ0n) is 12.9. The Balaban J connectivity index is 2.13. The highest BCUT2D eigenvalue weighted by Crippen LogP contribution is 2.62. The molecule has 1 heteroatoms. The van der Waals surface area contributed by atoms with E-state index in [-0.39, 0.29) is 0 Å². The minimum Gasteiger partial charge on any atom is -0.396 e. The summed E-state index contributed by atoms with van der Waals surface area (Å²) in [6.45, 7) is 12.5. The summed E-state index contributed by atoms with van der Waals surface area (Å²) in [4.78, 5) is 0. The van der Waals surface area contributed by atoms with Crippen molar-refractivity contribution >= 4 is 0 Å². The second-order valence-corrected chi connectivity index (χ2v) is 8.23. The molecule has 2 fully saturated rings. The van der Waals surface area contributed by atoms with Gasteiger partial charge in [0.05, 0.1) is 0 Å². The van der Waals surface area contributed by atoms with Crippen LogP contribution in [0, 0.1) is 40.9 Å². The van der Waals surface area contributed by atoms with Crippen LogP contribution < -0.4 is 0 Å². The minimum absolute atomic E-state index is 0.377. The molecule has 0 aliphatic heterocycles. The van der Waals surface area contributed by atoms with E-state index in [9.17, 15) is 0 Å². The average molecular weight is 252 g/mol. The van der Waals surface area contributed by atoms with E-state index in [4.69, 9.17) is 5.11 Å². The van der Waals surface area contributed by atoms with E-state index in [1.165, 1.54) is 19.3 Å². The Kier molecular flexibility index (Phi) is 4.11. The van der Waals surface area contributed by atoms with Crippen molar-refractivity contribution < 1.29 is 5.11 Å². The molecule has 2 saturated carbocycles. The first-order chi connectivity index (χ1) is 8.36. The van der Waals surface area contributed by atoms with E-state index in [1.54, 1.807) is 0 Å². The fourth-order valence-corrected chi connectivity index (χ4v) is 5.40. The summed E-state index contributed by atoms with van der Waals surface area (Å²) in [5, 5.41) is 9.06. The van der Waals surface area contributed by atoms with Gasteiger partial charge >= 0.3 is 0 Å². The Morgan fingerprint density at radius 2 is 1.83 bits per heavy atom. The van der Waals surface area contributed by atoms with Crippen molar-refractivity contribution in [3.63, 3.8) is 0 Å². The first-order valence-electron chi connectivity index (χ1n) is 7.97. The lowest BCUT2D eigenvalue weighted by molar-refractivity contribution is 0.0325. The SMILES string of the molecule is CC(C)C1C2CC(CCCO)C(C2)C1C(C)(C)C. The van der Waals surface area contributed by atoms with E-state index in [0.29, 0.717) is 12.0 Å². The van der Waals surface area contributed by atoms with Gasteiger partial charge in [-0.1, -0.05) is 34.6 Å². The van der Waals surface area contributed by atoms with Crippen molar-refractivity contribution in [2.75, 3.05) is 6.61 Å². The molecule has 0 aromatic carbocycles. The van der Waals surface area contributed by atoms with Crippen LogP contribution in [0.25, 0.3) is 0 Å². The zero-order chi connectivity index (χ0) is 13.5. The molecule has 1 N–H and O–H groups in total. The van der Waals surface area contributed by atoms with Crippen molar-refractivity contribution in [2.45, 2.75) is 60.3 Å². The van der Waals surface area contributed by atoms with Crippen LogP contribution >= 0.6 is 0 Å². The molecule has 2 bridgehead atoms. The second kappa shape index (κ2) is 5.15. The van der Waals surface area contributed by atoms with Crippen LogP contribution in [-0.2, 0) is 0 Å². The smallest absolute Gasteiger partial charge is 0.0431 e. The molecule has 18 heavy (non-hydrogen) atoms. The minimum atomic E-state index is 0.377. The molecule has 0 saturated heterocycles. The van der Waals surface area contributed by atoms with Crippen molar-refractivity contribution in [1.82, 2.24) is 0 Å². The first-order valence-corrected chi connectivity index (χ1v) is 7.97. The lowest BCUT2D eigenvalue weighted by Gasteiger charge is -2.45. The summed E-state index contributed by atoms with van der Waals surface area (Å²) >= 11 is 0. The van der Waals surface area contributed by atoms with Gasteiger partial charge in [0.25, 0.3) is 0 Å². The highest BCUT2D eigenvalue weighted by atomic mass is 16.2. The number of aliphatic hydroxyl groups is 1. The van der Waals surface area contributed by atoms with Crippen LogP contribution in [0.15, 0.2) is 0 Å². The molecular formula is C17H32O. The van der Waals surface area contributed by atoms with Gasteiger partial charge in [0, 0.05) is 6.61 Å². The maximum absolute atomic E-state index is 9.06. The van der Waals surface area contributed by atoms with E-state index in [0.717, 1.165) is 41.9 Å². The second-order valence-electron chi connectivity index (χ2n) is 8.23. The van der Waals surface area contributed by atoms with Gasteiger partial charge in [-0.25, -0.2) is 0 Å². The number of aliphatic hydroxyl groups excluding tert-OH is 1. The van der Waals surface area contributed by atoms with E-state index in [1.807, 2.05) is 0 Å². The highest BCUT2D eigenvalue weighted by Gasteiger charge is 2.55. The topological polar surface area (TPSA) is 20.2 Å². The number of rotatable bonds is 4. The Bertz CT molecular complexity index is 276. The largest absolute Gasteiger partial charge is 0.396 e. The van der Waals surface area contributed by atoms with Crippen LogP contribution in [0.1, 0.15) is 60.3 Å². The summed E-state index contributed by atoms with van der Waals surface area (Å²) in [6.07, 6.45) is 5.19. The molecule has 106 valence electrons. The van der Waals surface area contributed by atoms with Crippen molar-refractivity contribution in [3.8, 4) is 0 Å². The van der Waals surface area contributed by atoms with Crippen molar-refractivity contribution in [1.29, 1.82) is 0 Å². The third kappa shape index (κ3) is 2.48. The molecule has 5 atom stereocenters. The van der Waals surface area contributed by atoms with Crippen LogP contribution in [0.4, 0.5) is 0 Å². The summed E-state index contributed by atoms with van der Waals surface area (Å²) in [5.74, 6) is 5.50. The van der Waals surface area contributed by atoms with Gasteiger partial charge in [0.15, 0.2) is 0 Å². The van der Waals surface area contributed by atoms with Crippen LogP contribution in [0.2, 0.25) is 0 Å². The average Bonchev–Trinajstić information content (AvgIpc) is 2.81. The van der Waals surface area contributed by atoms with Crippen LogP contribution in [0.5, 0.6) is 0 Å². The molecule has 5 unspecified atom stereocenters. The van der Waals surface area contributed by atoms with Gasteiger partial charge < -0.3 is 5.11 Å². The fourth-order valence-electron chi connectivity index (χ4n) is 5.40. The van der Waals surface area contributed by atoms with Crippen molar-refractivity contribution in [3.05, 3.63) is 0 Å². The monoisotopic (exact) mass is 252 g/mol. The summed E-state index contributed by atoms with van der Waals surface area (Å²) in [7, 11) is 0. The fraction of sp³-hybridized carbons (Fsp3) is 1.00. The molecule has 0 aromatic rings. The van der Waals surface area contributed by atoms with Gasteiger partial charge in [-0.2, -0.15) is 0 Å². The third-order valence-electron chi connectivity index (χ3n) is 5.71. The maximum atomic E-state index is 9.06. The molecule has 0 spiro atoms. The molecule has 0 aromatic heterocycles. The molecule has 2 aliphatic rings. The van der Waals surface area contributed by atoms with E-state index in [2.05, 4.69) is 34.6 Å². The normalized spacial score (nSPS) is 39.8. The first kappa shape index (κ1) is 14.4. The molecule has 0 amide bonds. The summed E-state index contributed by atoms with van der Waals surface area (Å²) in [6, 6.07) is 0. The maximum Gasteiger partial charge on any atom is 0.0431 e. The predicted molar refractivity (Wildman–Crippen MR) is 77.3 cm³/mol. The van der Waals surface area contributed by atoms with Gasteiger partial charge in [0.1, 0.15) is 0 Å². The van der Waals surface area contributed by atoms with E-state index >= 15 is 0 Å². The highest BCUT2D eigenvalue weighted by molar-refractivity contribution is 5.04. The summed E-state index contributed by atoms with van der Waals surface area (Å²) in [5.41, 5.74) is 0.451. The molecule has 1 nitrogen and oxygen atoms in total. The Labute approximate surface area is 113 Å². The standard InChI is InChI=1S/C17H32O/c1-11(2)15-13-9-12(7-6-8-18)14(10-13)16(15)17(3,4)5/h11-16,18H,6-10H2,1-5H3. The number of fused-ring (bicyclic) bond motifs is 2. The Morgan fingerprint density at radius 1 is 1.17 bits per heavy atom. The van der Waals surface area contributed by atoms with Gasteiger partial charge in [-0.3, -0.25) is 0 Å². The summed E-state index contributed by atoms with van der Waals surface area (Å²) < 4.78 is 0. The molecule has 0 heterocycles. The molecule has 0 radical (unpaired) electrons. The van der Waals surface area contributed by atoms with Crippen LogP contribution in [0.3, 0.4) is 0 Å². The van der Waals surface area contributed by atoms with E-state index < -0.39 is 0 Å². The third-order valence-corrected chi connectivity index (χ3v) is 5.71. The van der Waals surface area contributed by atoms with Gasteiger partial charge in [-0.15, -0.1) is 0 Å². The predicted octanol–water partition coefficient (Wildman–Crippen LogP) is 4.35. The number of hydrogen-bond acceptors (Lipinski definition) is 1. The van der Waals surface area contributed by atoms with Gasteiger partial charge in [-0.05, 0) is 66.6 Å².